The van der Waals surface area contributed by atoms with Crippen LogP contribution < -0.4 is 5.32 Å². The molecule has 1 fully saturated rings. The highest BCUT2D eigenvalue weighted by Crippen LogP contribution is 2.51. The smallest absolute Gasteiger partial charge is 0.333 e. The molecule has 4 N–H and O–H groups in total. The number of aliphatic hydroxyl groups excluding tert-OH is 2. The number of fused-ring (bicyclic) bond motifs is 1. The number of rotatable bonds is 5. The van der Waals surface area contributed by atoms with Crippen molar-refractivity contribution in [2.24, 2.45) is 5.92 Å². The van der Waals surface area contributed by atoms with Crippen molar-refractivity contribution in [2.45, 2.75) is 38.8 Å². The Hall–Kier alpha value is -3.62. The molecule has 160 valence electrons. The molecule has 9 nitrogen and oxygen atoms in total. The van der Waals surface area contributed by atoms with Gasteiger partial charge in [-0.25, -0.2) is 9.59 Å². The van der Waals surface area contributed by atoms with E-state index in [0.717, 1.165) is 0 Å². The van der Waals surface area contributed by atoms with Gasteiger partial charge in [0.1, 0.15) is 17.1 Å². The molecule has 0 spiro atoms. The van der Waals surface area contributed by atoms with Crippen molar-refractivity contribution >= 4 is 23.6 Å². The normalized spacial score (nSPS) is 30.9. The van der Waals surface area contributed by atoms with E-state index in [1.807, 2.05) is 0 Å². The molecule has 3 unspecified atom stereocenters. The second kappa shape index (κ2) is 8.02. The van der Waals surface area contributed by atoms with Gasteiger partial charge in [-0.3, -0.25) is 9.59 Å². The van der Waals surface area contributed by atoms with E-state index in [-0.39, 0.29) is 11.1 Å². The number of ether oxygens (including phenoxy) is 1. The zero-order valence-electron chi connectivity index (χ0n) is 16.9. The van der Waals surface area contributed by atoms with Crippen molar-refractivity contribution in [1.29, 1.82) is 0 Å². The number of allylic oxidation sites excluding steroid dienone is 5. The summed E-state index contributed by atoms with van der Waals surface area (Å²) < 4.78 is 5.36. The largest absolute Gasteiger partial charge is 0.508 e. The first-order valence-corrected chi connectivity index (χ1v) is 9.04. The van der Waals surface area contributed by atoms with Gasteiger partial charge in [-0.1, -0.05) is 18.2 Å². The summed E-state index contributed by atoms with van der Waals surface area (Å²) in [7, 11) is 0. The Labute approximate surface area is 172 Å². The fourth-order valence-electron chi connectivity index (χ4n) is 3.77. The van der Waals surface area contributed by atoms with E-state index in [4.69, 9.17) is 9.84 Å². The molecule has 0 radical (unpaired) electrons. The monoisotopic (exact) mass is 417 g/mol. The van der Waals surface area contributed by atoms with Crippen LogP contribution in [-0.2, 0) is 23.9 Å². The number of esters is 1. The highest BCUT2D eigenvalue weighted by atomic mass is 16.6. The summed E-state index contributed by atoms with van der Waals surface area (Å²) >= 11 is 0. The van der Waals surface area contributed by atoms with Crippen molar-refractivity contribution in [1.82, 2.24) is 5.32 Å². The van der Waals surface area contributed by atoms with Crippen molar-refractivity contribution in [3.63, 3.8) is 0 Å². The van der Waals surface area contributed by atoms with Crippen molar-refractivity contribution < 1.29 is 39.2 Å². The average Bonchev–Trinajstić information content (AvgIpc) is 2.86. The number of Topliss-reactive ketones (excluding diaryl/α,β-unsaturated/α-hetero) is 1. The topological polar surface area (TPSA) is 150 Å². The Balaban J connectivity index is 2.69. The summed E-state index contributed by atoms with van der Waals surface area (Å²) in [6.07, 6.45) is 7.36. The summed E-state index contributed by atoms with van der Waals surface area (Å²) in [6.45, 7) is 5.70. The molecule has 1 aliphatic carbocycles. The second-order valence-corrected chi connectivity index (χ2v) is 7.28. The molecule has 0 saturated carbocycles. The molecule has 0 aromatic carbocycles. The van der Waals surface area contributed by atoms with Gasteiger partial charge >= 0.3 is 11.9 Å². The molecular formula is C21H23NO8. The highest BCUT2D eigenvalue weighted by Gasteiger charge is 2.68. The van der Waals surface area contributed by atoms with Crippen molar-refractivity contribution in [3.05, 3.63) is 59.1 Å². The van der Waals surface area contributed by atoms with Gasteiger partial charge in [0, 0.05) is 23.3 Å². The number of carboxylic acid groups (broad SMARTS) is 1. The zero-order valence-corrected chi connectivity index (χ0v) is 16.9. The Morgan fingerprint density at radius 1 is 1.10 bits per heavy atom. The molecule has 3 atom stereocenters. The van der Waals surface area contributed by atoms with Crippen LogP contribution in [0, 0.1) is 5.92 Å². The molecule has 1 heterocycles. The van der Waals surface area contributed by atoms with Crippen LogP contribution >= 0.6 is 0 Å². The maximum absolute atomic E-state index is 12.9. The molecule has 1 amide bonds. The number of carboxylic acids is 1. The van der Waals surface area contributed by atoms with E-state index < -0.39 is 52.2 Å². The molecule has 1 saturated heterocycles. The van der Waals surface area contributed by atoms with Gasteiger partial charge < -0.3 is 25.4 Å². The van der Waals surface area contributed by atoms with Gasteiger partial charge in [-0.05, 0) is 33.8 Å². The number of aliphatic hydroxyl groups is 2. The molecule has 0 aromatic heterocycles. The van der Waals surface area contributed by atoms with E-state index in [2.05, 4.69) is 5.32 Å². The van der Waals surface area contributed by atoms with Gasteiger partial charge in [0.05, 0.1) is 5.92 Å². The summed E-state index contributed by atoms with van der Waals surface area (Å²) in [4.78, 5) is 48.5. The fourth-order valence-corrected chi connectivity index (χ4v) is 3.77. The first-order chi connectivity index (χ1) is 13.9. The standard InChI is InChI=1S/C21H23NO8/c1-5-6-7-8-12(23)15-16(27)11(2)18(28)21(4)17(15)20(3,19(29)30-21)22-13(24)9-10-14(25)26/h5-10,17,23,27H,1-4H3,(H,22,24)(H,25,26). The maximum atomic E-state index is 12.9. The van der Waals surface area contributed by atoms with E-state index >= 15 is 0 Å². The Bertz CT molecular complexity index is 967. The van der Waals surface area contributed by atoms with Crippen molar-refractivity contribution in [2.75, 3.05) is 0 Å². The molecule has 0 bridgehead atoms. The van der Waals surface area contributed by atoms with Crippen LogP contribution in [0.15, 0.2) is 59.1 Å². The minimum Gasteiger partial charge on any atom is -0.508 e. The molecule has 2 rings (SSSR count). The quantitative estimate of drug-likeness (QED) is 0.229. The van der Waals surface area contributed by atoms with Gasteiger partial charge in [-0.15, -0.1) is 0 Å². The Kier molecular flexibility index (Phi) is 6.06. The van der Waals surface area contributed by atoms with Crippen LogP contribution in [0.1, 0.15) is 27.7 Å². The summed E-state index contributed by atoms with van der Waals surface area (Å²) in [6, 6.07) is 0. The van der Waals surface area contributed by atoms with E-state index in [0.29, 0.717) is 12.2 Å². The maximum Gasteiger partial charge on any atom is 0.333 e. The Morgan fingerprint density at radius 2 is 1.73 bits per heavy atom. The fraction of sp³-hybridized carbons (Fsp3) is 0.333. The lowest BCUT2D eigenvalue weighted by Crippen LogP contribution is -2.59. The molecule has 30 heavy (non-hydrogen) atoms. The van der Waals surface area contributed by atoms with Crippen LogP contribution in [0.2, 0.25) is 0 Å². The third-order valence-electron chi connectivity index (χ3n) is 5.14. The number of ketones is 1. The minimum atomic E-state index is -1.88. The number of hydrogen-bond acceptors (Lipinski definition) is 7. The summed E-state index contributed by atoms with van der Waals surface area (Å²) in [5.74, 6) is -6.17. The first-order valence-electron chi connectivity index (χ1n) is 9.04. The van der Waals surface area contributed by atoms with Crippen LogP contribution in [-0.4, -0.2) is 50.1 Å². The number of carbonyl (C=O) groups is 4. The average molecular weight is 417 g/mol. The summed E-state index contributed by atoms with van der Waals surface area (Å²) in [5, 5.41) is 32.3. The molecule has 9 heteroatoms. The minimum absolute atomic E-state index is 0.108. The van der Waals surface area contributed by atoms with E-state index in [1.54, 1.807) is 19.1 Å². The Morgan fingerprint density at radius 3 is 2.30 bits per heavy atom. The zero-order chi connectivity index (χ0) is 22.9. The third kappa shape index (κ3) is 3.66. The third-order valence-corrected chi connectivity index (χ3v) is 5.14. The lowest BCUT2D eigenvalue weighted by molar-refractivity contribution is -0.157. The van der Waals surface area contributed by atoms with Crippen LogP contribution in [0.3, 0.4) is 0 Å². The van der Waals surface area contributed by atoms with Crippen LogP contribution in [0.25, 0.3) is 0 Å². The second-order valence-electron chi connectivity index (χ2n) is 7.28. The predicted molar refractivity (Wildman–Crippen MR) is 105 cm³/mol. The molecule has 1 aliphatic heterocycles. The molecule has 2 aliphatic rings. The lowest BCUT2D eigenvalue weighted by atomic mass is 9.65. The predicted octanol–water partition coefficient (Wildman–Crippen LogP) is 1.79. The number of carbonyl (C=O) groups excluding carboxylic acids is 3. The first kappa shape index (κ1) is 22.7. The number of amides is 1. The van der Waals surface area contributed by atoms with Crippen molar-refractivity contribution in [3.8, 4) is 0 Å². The highest BCUT2D eigenvalue weighted by molar-refractivity contribution is 6.09. The summed E-state index contributed by atoms with van der Waals surface area (Å²) in [5.41, 5.74) is -3.93. The van der Waals surface area contributed by atoms with Gasteiger partial charge in [0.25, 0.3) is 0 Å². The number of aliphatic carboxylic acids is 1. The number of nitrogens with one attached hydrogen (secondary N) is 1. The lowest BCUT2D eigenvalue weighted by Gasteiger charge is -2.39. The molecule has 0 aromatic rings. The van der Waals surface area contributed by atoms with Gasteiger partial charge in [0.2, 0.25) is 11.7 Å². The number of hydrogen-bond donors (Lipinski definition) is 4. The van der Waals surface area contributed by atoms with E-state index in [1.165, 1.54) is 32.9 Å². The van der Waals surface area contributed by atoms with Crippen LogP contribution in [0.4, 0.5) is 0 Å². The van der Waals surface area contributed by atoms with Gasteiger partial charge in [-0.2, -0.15) is 0 Å². The van der Waals surface area contributed by atoms with Gasteiger partial charge in [0.15, 0.2) is 5.60 Å². The molecular weight excluding hydrogens is 394 g/mol. The van der Waals surface area contributed by atoms with E-state index in [9.17, 15) is 29.4 Å². The van der Waals surface area contributed by atoms with Crippen LogP contribution in [0.5, 0.6) is 0 Å². The SMILES string of the molecule is CC=CC=CC(O)=C1C(O)=C(C)C(=O)C2(C)OC(=O)C(C)(NC(=O)C=CC(=O)O)C12.